The van der Waals surface area contributed by atoms with Crippen LogP contribution in [0, 0.1) is 17.8 Å². The fraction of sp³-hybridized carbons (Fsp3) is 0.600. The van der Waals surface area contributed by atoms with Gasteiger partial charge in [-0.2, -0.15) is 0 Å². The smallest absolute Gasteiger partial charge is 0.405 e. The van der Waals surface area contributed by atoms with Crippen LogP contribution in [0.5, 0.6) is 5.88 Å². The quantitative estimate of drug-likeness (QED) is 0.270. The monoisotopic (exact) mass is 742 g/mol. The molecule has 3 fully saturated rings. The highest BCUT2D eigenvalue weighted by atomic mass is 32.2. The van der Waals surface area contributed by atoms with Crippen molar-refractivity contribution in [3.63, 3.8) is 0 Å². The molecule has 0 unspecified atom stereocenters. The first-order valence-corrected chi connectivity index (χ1v) is 19.3. The molecule has 4 aliphatic rings. The molecule has 7 atom stereocenters. The molecule has 2 saturated carbocycles. The number of hydrogen-bond acceptors (Lipinski definition) is 10. The molecule has 2 aliphatic carbocycles. The Morgan fingerprint density at radius 1 is 1.10 bits per heavy atom. The number of rotatable bonds is 9. The topological polar surface area (TPSA) is 215 Å². The Bertz CT molecular complexity index is 1930. The average molecular weight is 743 g/mol. The molecule has 0 radical (unpaired) electrons. The molecule has 6 rings (SSSR count). The standard InChI is InChI=1S/C35H46N6O10S/c1-20-8-4-5-9-22-18-35(22,33(45)39-52(48,49)24-12-13-24)37-29(42)27-17-23(19-40(27)32(44)28(21(2)16-20)36-34(46)47)51-30-25-10-6-7-11-26(25)31(43)41(38-30)14-15-50-3/h5-7,9-11,20-24,27-28,36H,4,8,12-19H2,1-3H3,(H,37,42)(H,39,45)(H,46,47)/b9-5-/t20-,21+,22+,23+,27-,28-,35+/m0/s1. The summed E-state index contributed by atoms with van der Waals surface area (Å²) in [6.45, 7) is 4.02. The van der Waals surface area contributed by atoms with E-state index in [1.54, 1.807) is 31.2 Å². The lowest BCUT2D eigenvalue weighted by molar-refractivity contribution is -0.142. The molecule has 2 aromatic rings. The fourth-order valence-electron chi connectivity index (χ4n) is 7.41. The Balaban J connectivity index is 1.35. The van der Waals surface area contributed by atoms with Gasteiger partial charge in [-0.1, -0.05) is 38.1 Å². The number of nitrogens with one attached hydrogen (secondary N) is 3. The normalized spacial score (nSPS) is 30.2. The van der Waals surface area contributed by atoms with Crippen molar-refractivity contribution in [1.29, 1.82) is 0 Å². The maximum atomic E-state index is 14.4. The van der Waals surface area contributed by atoms with Gasteiger partial charge in [-0.25, -0.2) is 17.9 Å². The zero-order valence-electron chi connectivity index (χ0n) is 29.4. The van der Waals surface area contributed by atoms with Crippen LogP contribution < -0.4 is 25.7 Å². The van der Waals surface area contributed by atoms with E-state index in [1.165, 1.54) is 16.7 Å². The summed E-state index contributed by atoms with van der Waals surface area (Å²) in [4.78, 5) is 68.8. The van der Waals surface area contributed by atoms with Gasteiger partial charge in [0.15, 0.2) is 0 Å². The van der Waals surface area contributed by atoms with Gasteiger partial charge in [0, 0.05) is 19.4 Å². The zero-order chi connectivity index (χ0) is 37.4. The SMILES string of the molecule is COCCn1nc(O[C@@H]2C[C@H]3C(=O)N[C@]4(C(=O)NS(=O)(=O)C5CC5)C[C@H]4/C=C\CC[C@H](C)C[C@@H](C)[C@H](NC(=O)O)C(=O)N3C2)c2ccccc2c1=O. The Morgan fingerprint density at radius 3 is 2.52 bits per heavy atom. The van der Waals surface area contributed by atoms with Crippen LogP contribution in [0.25, 0.3) is 10.8 Å². The number of hydrogen-bond donors (Lipinski definition) is 4. The Labute approximate surface area is 301 Å². The van der Waals surface area contributed by atoms with Crippen molar-refractivity contribution in [1.82, 2.24) is 30.0 Å². The number of carbonyl (C=O) groups is 4. The molecule has 2 aliphatic heterocycles. The summed E-state index contributed by atoms with van der Waals surface area (Å²) in [5.41, 5.74) is -1.91. The Morgan fingerprint density at radius 2 is 1.83 bits per heavy atom. The number of carbonyl (C=O) groups excluding carboxylic acids is 3. The highest BCUT2D eigenvalue weighted by Gasteiger charge is 2.62. The predicted molar refractivity (Wildman–Crippen MR) is 188 cm³/mol. The van der Waals surface area contributed by atoms with E-state index in [2.05, 4.69) is 20.5 Å². The number of sulfonamides is 1. The molecule has 1 aromatic carbocycles. The first-order valence-electron chi connectivity index (χ1n) is 17.7. The van der Waals surface area contributed by atoms with Crippen LogP contribution in [-0.4, -0.2) is 101 Å². The van der Waals surface area contributed by atoms with Crippen LogP contribution in [-0.2, 0) is 35.7 Å². The first kappa shape index (κ1) is 37.3. The van der Waals surface area contributed by atoms with E-state index >= 15 is 0 Å². The van der Waals surface area contributed by atoms with Crippen molar-refractivity contribution in [2.24, 2.45) is 17.8 Å². The van der Waals surface area contributed by atoms with Gasteiger partial charge in [0.25, 0.3) is 11.5 Å². The maximum Gasteiger partial charge on any atom is 0.405 e. The summed E-state index contributed by atoms with van der Waals surface area (Å²) in [7, 11) is -2.43. The minimum absolute atomic E-state index is 0.0616. The summed E-state index contributed by atoms with van der Waals surface area (Å²) in [6.07, 6.45) is 4.38. The number of allylic oxidation sites excluding steroid dienone is 1. The van der Waals surface area contributed by atoms with E-state index in [4.69, 9.17) is 9.47 Å². The fourth-order valence-corrected chi connectivity index (χ4v) is 8.77. The van der Waals surface area contributed by atoms with Crippen molar-refractivity contribution in [2.45, 2.75) is 94.3 Å². The predicted octanol–water partition coefficient (Wildman–Crippen LogP) is 1.52. The summed E-state index contributed by atoms with van der Waals surface area (Å²) in [6, 6.07) is 4.35. The van der Waals surface area contributed by atoms with Crippen LogP contribution in [0.1, 0.15) is 58.8 Å². The van der Waals surface area contributed by atoms with Gasteiger partial charge in [0.05, 0.1) is 35.7 Å². The lowest BCUT2D eigenvalue weighted by Crippen LogP contribution is -2.59. The van der Waals surface area contributed by atoms with Gasteiger partial charge in [0.1, 0.15) is 23.7 Å². The summed E-state index contributed by atoms with van der Waals surface area (Å²) >= 11 is 0. The summed E-state index contributed by atoms with van der Waals surface area (Å²) in [5.74, 6) is -2.89. The number of amides is 4. The molecule has 1 saturated heterocycles. The van der Waals surface area contributed by atoms with E-state index < -0.39 is 74.7 Å². The largest absolute Gasteiger partial charge is 0.471 e. The van der Waals surface area contributed by atoms with E-state index in [0.29, 0.717) is 36.5 Å². The van der Waals surface area contributed by atoms with E-state index in [0.717, 1.165) is 6.42 Å². The zero-order valence-corrected chi connectivity index (χ0v) is 30.3. The van der Waals surface area contributed by atoms with Crippen LogP contribution in [0.4, 0.5) is 4.79 Å². The number of ether oxygens (including phenoxy) is 2. The molecule has 17 heteroatoms. The third-order valence-corrected chi connectivity index (χ3v) is 12.3. The molecule has 0 bridgehead atoms. The van der Waals surface area contributed by atoms with Gasteiger partial charge in [0.2, 0.25) is 27.7 Å². The van der Waals surface area contributed by atoms with Crippen LogP contribution in [0.15, 0.2) is 41.2 Å². The van der Waals surface area contributed by atoms with Crippen molar-refractivity contribution >= 4 is 44.6 Å². The van der Waals surface area contributed by atoms with E-state index in [-0.39, 0.29) is 49.9 Å². The van der Waals surface area contributed by atoms with E-state index in [1.807, 2.05) is 19.1 Å². The second-order valence-corrected chi connectivity index (χ2v) is 16.5. The van der Waals surface area contributed by atoms with Gasteiger partial charge in [-0.15, -0.1) is 5.10 Å². The third-order valence-electron chi connectivity index (χ3n) is 10.5. The molecule has 4 N–H and O–H groups in total. The second kappa shape index (κ2) is 14.8. The average Bonchev–Trinajstić information content (AvgIpc) is 4.02. The number of carboxylic acid groups (broad SMARTS) is 1. The number of benzene rings is 1. The van der Waals surface area contributed by atoms with Crippen LogP contribution >= 0.6 is 0 Å². The number of methoxy groups -OCH3 is 1. The highest BCUT2D eigenvalue weighted by molar-refractivity contribution is 7.91. The number of nitrogens with zero attached hydrogens (tertiary/aromatic N) is 3. The van der Waals surface area contributed by atoms with Crippen molar-refractivity contribution in [3.8, 4) is 5.88 Å². The lowest BCUT2D eigenvalue weighted by Gasteiger charge is -2.32. The molecular formula is C35H46N6O10S. The van der Waals surface area contributed by atoms with Gasteiger partial charge < -0.3 is 30.1 Å². The van der Waals surface area contributed by atoms with Crippen LogP contribution in [0.2, 0.25) is 0 Å². The molecular weight excluding hydrogens is 696 g/mol. The highest BCUT2D eigenvalue weighted by Crippen LogP contribution is 2.46. The minimum Gasteiger partial charge on any atom is -0.471 e. The molecule has 3 heterocycles. The van der Waals surface area contributed by atoms with Gasteiger partial charge in [-0.05, 0) is 62.5 Å². The van der Waals surface area contributed by atoms with Crippen molar-refractivity contribution < 1.29 is 42.2 Å². The summed E-state index contributed by atoms with van der Waals surface area (Å²) < 4.78 is 40.5. The van der Waals surface area contributed by atoms with Crippen molar-refractivity contribution in [2.75, 3.05) is 20.3 Å². The third kappa shape index (κ3) is 7.79. The minimum atomic E-state index is -3.93. The number of fused-ring (bicyclic) bond motifs is 3. The Kier molecular flexibility index (Phi) is 10.6. The molecule has 4 amide bonds. The molecule has 52 heavy (non-hydrogen) atoms. The van der Waals surface area contributed by atoms with Gasteiger partial charge in [-0.3, -0.25) is 23.9 Å². The second-order valence-electron chi connectivity index (χ2n) is 14.6. The van der Waals surface area contributed by atoms with Gasteiger partial charge >= 0.3 is 6.09 Å². The van der Waals surface area contributed by atoms with E-state index in [9.17, 15) is 37.5 Å². The molecule has 1 aromatic heterocycles. The molecule has 16 nitrogen and oxygen atoms in total. The van der Waals surface area contributed by atoms with Crippen molar-refractivity contribution in [3.05, 3.63) is 46.8 Å². The summed E-state index contributed by atoms with van der Waals surface area (Å²) in [5, 5.41) is 19.5. The number of aromatic nitrogens is 2. The lowest BCUT2D eigenvalue weighted by atomic mass is 9.88. The molecule has 282 valence electrons. The maximum absolute atomic E-state index is 14.4. The Hall–Kier alpha value is -4.51. The molecule has 0 spiro atoms. The van der Waals surface area contributed by atoms with Crippen LogP contribution in [0.3, 0.4) is 0 Å². The first-order chi connectivity index (χ1) is 24.7.